The van der Waals surface area contributed by atoms with Crippen molar-refractivity contribution >= 4 is 17.7 Å². The quantitative estimate of drug-likeness (QED) is 0.800. The first-order chi connectivity index (χ1) is 8.58. The van der Waals surface area contributed by atoms with Crippen molar-refractivity contribution in [2.75, 3.05) is 20.0 Å². The minimum Gasteiger partial charge on any atom is -0.497 e. The van der Waals surface area contributed by atoms with Gasteiger partial charge in [0.05, 0.1) is 20.0 Å². The molecule has 2 unspecified atom stereocenters. The zero-order chi connectivity index (χ0) is 13.5. The molecule has 18 heavy (non-hydrogen) atoms. The Morgan fingerprint density at radius 3 is 2.39 bits per heavy atom. The van der Waals surface area contributed by atoms with E-state index in [1.807, 2.05) is 31.2 Å². The van der Waals surface area contributed by atoms with Gasteiger partial charge in [0.15, 0.2) is 0 Å². The maximum atomic E-state index is 11.2. The van der Waals surface area contributed by atoms with Gasteiger partial charge in [-0.3, -0.25) is 4.79 Å². The Labute approximate surface area is 112 Å². The highest BCUT2D eigenvalue weighted by molar-refractivity contribution is 8.00. The van der Waals surface area contributed by atoms with Crippen molar-refractivity contribution in [2.45, 2.75) is 18.2 Å². The predicted molar refractivity (Wildman–Crippen MR) is 73.9 cm³/mol. The van der Waals surface area contributed by atoms with Crippen LogP contribution in [-0.4, -0.2) is 32.0 Å². The van der Waals surface area contributed by atoms with E-state index in [4.69, 9.17) is 10.5 Å². The highest BCUT2D eigenvalue weighted by Gasteiger charge is 2.18. The molecule has 1 aromatic rings. The maximum Gasteiger partial charge on any atom is 0.315 e. The summed E-state index contributed by atoms with van der Waals surface area (Å²) >= 11 is 1.49. The van der Waals surface area contributed by atoms with Gasteiger partial charge in [0.2, 0.25) is 0 Å². The third kappa shape index (κ3) is 4.23. The summed E-state index contributed by atoms with van der Waals surface area (Å²) in [6, 6.07) is 7.68. The van der Waals surface area contributed by atoms with Gasteiger partial charge in [0.1, 0.15) is 5.75 Å². The number of nitrogens with two attached hydrogens (primary N) is 1. The molecule has 0 aliphatic heterocycles. The van der Waals surface area contributed by atoms with Gasteiger partial charge < -0.3 is 15.2 Å². The van der Waals surface area contributed by atoms with Crippen LogP contribution in [0.3, 0.4) is 0 Å². The van der Waals surface area contributed by atoms with Gasteiger partial charge in [-0.25, -0.2) is 0 Å². The second-order valence-electron chi connectivity index (χ2n) is 3.94. The Hall–Kier alpha value is -1.20. The molecule has 0 saturated carbocycles. The van der Waals surface area contributed by atoms with E-state index >= 15 is 0 Å². The zero-order valence-corrected chi connectivity index (χ0v) is 11.7. The van der Waals surface area contributed by atoms with Gasteiger partial charge in [-0.1, -0.05) is 12.1 Å². The van der Waals surface area contributed by atoms with E-state index in [1.54, 1.807) is 7.11 Å². The van der Waals surface area contributed by atoms with Gasteiger partial charge in [-0.15, -0.1) is 11.8 Å². The number of carbonyl (C=O) groups excluding carboxylic acids is 1. The molecule has 5 heteroatoms. The van der Waals surface area contributed by atoms with Crippen LogP contribution in [0, 0.1) is 0 Å². The minimum atomic E-state index is -0.237. The van der Waals surface area contributed by atoms with E-state index in [1.165, 1.54) is 18.9 Å². The number of benzene rings is 1. The topological polar surface area (TPSA) is 61.5 Å². The number of hydrogen-bond donors (Lipinski definition) is 1. The molecule has 0 bridgehead atoms. The summed E-state index contributed by atoms with van der Waals surface area (Å²) in [7, 11) is 3.02. The summed E-state index contributed by atoms with van der Waals surface area (Å²) in [6.07, 6.45) is 0. The van der Waals surface area contributed by atoms with Gasteiger partial charge in [-0.05, 0) is 24.6 Å². The van der Waals surface area contributed by atoms with Crippen LogP contribution in [0.5, 0.6) is 5.75 Å². The summed E-state index contributed by atoms with van der Waals surface area (Å²) < 4.78 is 9.74. The van der Waals surface area contributed by atoms with E-state index in [0.29, 0.717) is 5.75 Å². The predicted octanol–water partition coefficient (Wildman–Crippen LogP) is 1.99. The van der Waals surface area contributed by atoms with Crippen molar-refractivity contribution < 1.29 is 14.3 Å². The molecular formula is C13H19NO3S. The number of esters is 1. The summed E-state index contributed by atoms with van der Waals surface area (Å²) in [6.45, 7) is 1.93. The molecule has 1 aromatic carbocycles. The molecule has 2 atom stereocenters. The average molecular weight is 269 g/mol. The molecule has 0 amide bonds. The molecule has 0 heterocycles. The second kappa shape index (κ2) is 7.28. The second-order valence-corrected chi connectivity index (χ2v) is 5.07. The number of methoxy groups -OCH3 is 2. The van der Waals surface area contributed by atoms with Crippen molar-refractivity contribution in [3.8, 4) is 5.75 Å². The lowest BCUT2D eigenvalue weighted by Gasteiger charge is -2.20. The van der Waals surface area contributed by atoms with E-state index in [0.717, 1.165) is 11.3 Å². The van der Waals surface area contributed by atoms with Crippen LogP contribution in [0.4, 0.5) is 0 Å². The average Bonchev–Trinajstić information content (AvgIpc) is 2.39. The Bertz CT molecular complexity index is 378. The standard InChI is InChI=1S/C13H19NO3S/c1-9(14)13(18-8-12(15)17-3)10-4-6-11(16-2)7-5-10/h4-7,9,13H,8,14H2,1-3H3. The Morgan fingerprint density at radius 1 is 1.33 bits per heavy atom. The van der Waals surface area contributed by atoms with E-state index in [9.17, 15) is 4.79 Å². The summed E-state index contributed by atoms with van der Waals surface area (Å²) in [5.41, 5.74) is 7.05. The normalized spacial score (nSPS) is 13.8. The molecule has 4 nitrogen and oxygen atoms in total. The molecule has 0 aliphatic carbocycles. The van der Waals surface area contributed by atoms with Gasteiger partial charge in [-0.2, -0.15) is 0 Å². The lowest BCUT2D eigenvalue weighted by Crippen LogP contribution is -2.23. The van der Waals surface area contributed by atoms with Gasteiger partial charge >= 0.3 is 5.97 Å². The molecular weight excluding hydrogens is 250 g/mol. The van der Waals surface area contributed by atoms with Gasteiger partial charge in [0.25, 0.3) is 0 Å². The highest BCUT2D eigenvalue weighted by atomic mass is 32.2. The number of ether oxygens (including phenoxy) is 2. The fourth-order valence-corrected chi connectivity index (χ4v) is 2.65. The van der Waals surface area contributed by atoms with E-state index in [2.05, 4.69) is 4.74 Å². The third-order valence-corrected chi connectivity index (χ3v) is 3.99. The van der Waals surface area contributed by atoms with Crippen LogP contribution in [0.1, 0.15) is 17.7 Å². The van der Waals surface area contributed by atoms with Crippen LogP contribution in [0.2, 0.25) is 0 Å². The molecule has 0 spiro atoms. The Balaban J connectivity index is 2.74. The summed E-state index contributed by atoms with van der Waals surface area (Å²) in [5, 5.41) is 0.0648. The SMILES string of the molecule is COC(=O)CSC(c1ccc(OC)cc1)C(C)N. The first-order valence-electron chi connectivity index (χ1n) is 5.66. The van der Waals surface area contributed by atoms with Crippen LogP contribution in [0.25, 0.3) is 0 Å². The smallest absolute Gasteiger partial charge is 0.315 e. The monoisotopic (exact) mass is 269 g/mol. The molecule has 1 rings (SSSR count). The fourth-order valence-electron chi connectivity index (χ4n) is 1.56. The van der Waals surface area contributed by atoms with Crippen molar-refractivity contribution in [3.63, 3.8) is 0 Å². The van der Waals surface area contributed by atoms with Crippen molar-refractivity contribution in [1.29, 1.82) is 0 Å². The molecule has 0 fully saturated rings. The van der Waals surface area contributed by atoms with Crippen LogP contribution >= 0.6 is 11.8 Å². The molecule has 0 saturated heterocycles. The molecule has 0 aliphatic rings. The van der Waals surface area contributed by atoms with Crippen LogP contribution in [0.15, 0.2) is 24.3 Å². The van der Waals surface area contributed by atoms with Crippen molar-refractivity contribution in [1.82, 2.24) is 0 Å². The third-order valence-electron chi connectivity index (χ3n) is 2.53. The van der Waals surface area contributed by atoms with E-state index < -0.39 is 0 Å². The molecule has 2 N–H and O–H groups in total. The summed E-state index contributed by atoms with van der Waals surface area (Å²) in [5.74, 6) is 0.869. The minimum absolute atomic E-state index is 0.0481. The zero-order valence-electron chi connectivity index (χ0n) is 10.9. The molecule has 0 aromatic heterocycles. The van der Waals surface area contributed by atoms with Crippen LogP contribution in [-0.2, 0) is 9.53 Å². The van der Waals surface area contributed by atoms with Crippen LogP contribution < -0.4 is 10.5 Å². The Morgan fingerprint density at radius 2 is 1.94 bits per heavy atom. The summed E-state index contributed by atoms with van der Waals surface area (Å²) in [4.78, 5) is 11.2. The maximum absolute atomic E-state index is 11.2. The number of carbonyl (C=O) groups is 1. The Kier molecular flexibility index (Phi) is 6.01. The fraction of sp³-hybridized carbons (Fsp3) is 0.462. The largest absolute Gasteiger partial charge is 0.497 e. The van der Waals surface area contributed by atoms with Crippen molar-refractivity contribution in [2.24, 2.45) is 5.73 Å². The highest BCUT2D eigenvalue weighted by Crippen LogP contribution is 2.32. The molecule has 100 valence electrons. The number of rotatable bonds is 6. The number of hydrogen-bond acceptors (Lipinski definition) is 5. The first kappa shape index (κ1) is 14.9. The molecule has 0 radical (unpaired) electrons. The first-order valence-corrected chi connectivity index (χ1v) is 6.71. The van der Waals surface area contributed by atoms with Crippen molar-refractivity contribution in [3.05, 3.63) is 29.8 Å². The lowest BCUT2D eigenvalue weighted by atomic mass is 10.1. The van der Waals surface area contributed by atoms with E-state index in [-0.39, 0.29) is 17.3 Å². The number of thioether (sulfide) groups is 1. The lowest BCUT2D eigenvalue weighted by molar-refractivity contribution is -0.137. The van der Waals surface area contributed by atoms with Gasteiger partial charge in [0, 0.05) is 11.3 Å².